The number of esters is 2. The number of phenols is 2. The molecule has 0 saturated heterocycles. The maximum Gasteiger partial charge on any atom is 0.340 e. The van der Waals surface area contributed by atoms with E-state index in [0.29, 0.717) is 0 Å². The van der Waals surface area contributed by atoms with Crippen LogP contribution in [0.1, 0.15) is 76.7 Å². The number of aromatic hydroxyl groups is 2. The molecule has 0 aliphatic rings. The van der Waals surface area contributed by atoms with Crippen molar-refractivity contribution in [2.45, 2.75) is 46.6 Å². The van der Waals surface area contributed by atoms with E-state index in [1.807, 2.05) is 0 Å². The van der Waals surface area contributed by atoms with E-state index in [1.165, 1.54) is 45.0 Å². The Bertz CT molecular complexity index is 1170. The van der Waals surface area contributed by atoms with Gasteiger partial charge in [0.25, 0.3) is 5.69 Å². The highest BCUT2D eigenvalue weighted by molar-refractivity contribution is 6.17. The van der Waals surface area contributed by atoms with Gasteiger partial charge in [0.2, 0.25) is 5.75 Å². The van der Waals surface area contributed by atoms with Crippen LogP contribution in [0, 0.1) is 10.1 Å². The van der Waals surface area contributed by atoms with Gasteiger partial charge in [-0.05, 0) is 6.07 Å². The van der Waals surface area contributed by atoms with Gasteiger partial charge < -0.3 is 19.7 Å². The van der Waals surface area contributed by atoms with Crippen LogP contribution < -0.4 is 4.74 Å². The van der Waals surface area contributed by atoms with Crippen molar-refractivity contribution in [3.8, 4) is 17.2 Å². The van der Waals surface area contributed by atoms with Crippen LogP contribution in [0.25, 0.3) is 0 Å². The summed E-state index contributed by atoms with van der Waals surface area (Å²) in [4.78, 5) is 61.0. The Morgan fingerprint density at radius 1 is 0.882 bits per heavy atom. The van der Waals surface area contributed by atoms with Crippen molar-refractivity contribution in [3.63, 3.8) is 0 Å². The third kappa shape index (κ3) is 5.20. The van der Waals surface area contributed by atoms with Gasteiger partial charge in [-0.1, -0.05) is 32.9 Å². The molecule has 2 N–H and O–H groups in total. The maximum atomic E-state index is 13.1. The molecule has 0 spiro atoms. The monoisotopic (exact) mass is 473 g/mol. The van der Waals surface area contributed by atoms with E-state index in [1.54, 1.807) is 0 Å². The average Bonchev–Trinajstić information content (AvgIpc) is 2.83. The first-order valence-electron chi connectivity index (χ1n) is 10.4. The van der Waals surface area contributed by atoms with Gasteiger partial charge in [-0.2, -0.15) is 0 Å². The van der Waals surface area contributed by atoms with Crippen LogP contribution in [0.5, 0.6) is 17.2 Å². The summed E-state index contributed by atoms with van der Waals surface area (Å²) in [7, 11) is 0. The van der Waals surface area contributed by atoms with Gasteiger partial charge in [0, 0.05) is 25.3 Å². The SMILES string of the molecule is CCC(=O)Oc1c(O)c(O)c(C(=O)CC)c(C(=O)OCc2ccccc2[N+](=O)[O-])c1C(=O)CC. The molecule has 0 aliphatic carbocycles. The average molecular weight is 473 g/mol. The summed E-state index contributed by atoms with van der Waals surface area (Å²) in [5.74, 6) is -6.63. The van der Waals surface area contributed by atoms with Crippen molar-refractivity contribution < 1.29 is 43.8 Å². The molecule has 11 heteroatoms. The summed E-state index contributed by atoms with van der Waals surface area (Å²) in [6, 6.07) is 5.47. The lowest BCUT2D eigenvalue weighted by atomic mass is 9.91. The number of Topliss-reactive ketones (excluding diaryl/α,β-unsaturated/α-hetero) is 2. The minimum Gasteiger partial charge on any atom is -0.504 e. The number of rotatable bonds is 10. The fraction of sp³-hybridized carbons (Fsp3) is 0.304. The van der Waals surface area contributed by atoms with Gasteiger partial charge in [0.05, 0.1) is 27.2 Å². The summed E-state index contributed by atoms with van der Waals surface area (Å²) < 4.78 is 10.2. The molecule has 0 aliphatic heterocycles. The number of nitro benzene ring substituents is 1. The van der Waals surface area contributed by atoms with Crippen LogP contribution in [0.4, 0.5) is 5.69 Å². The van der Waals surface area contributed by atoms with Gasteiger partial charge >= 0.3 is 11.9 Å². The highest BCUT2D eigenvalue weighted by Crippen LogP contribution is 2.45. The smallest absolute Gasteiger partial charge is 0.340 e. The molecule has 0 amide bonds. The Labute approximate surface area is 194 Å². The molecule has 0 unspecified atom stereocenters. The first-order valence-corrected chi connectivity index (χ1v) is 10.4. The molecule has 0 bridgehead atoms. The Kier molecular flexibility index (Phi) is 8.43. The minimum atomic E-state index is -1.28. The third-order valence-corrected chi connectivity index (χ3v) is 4.86. The highest BCUT2D eigenvalue weighted by atomic mass is 16.6. The normalized spacial score (nSPS) is 10.4. The summed E-state index contributed by atoms with van der Waals surface area (Å²) in [5, 5.41) is 32.2. The van der Waals surface area contributed by atoms with Gasteiger partial charge in [-0.25, -0.2) is 4.79 Å². The zero-order valence-electron chi connectivity index (χ0n) is 18.7. The Morgan fingerprint density at radius 2 is 1.47 bits per heavy atom. The number of para-hydroxylation sites is 1. The van der Waals surface area contributed by atoms with Crippen molar-refractivity contribution in [3.05, 3.63) is 56.6 Å². The molecule has 180 valence electrons. The number of ketones is 2. The van der Waals surface area contributed by atoms with Gasteiger partial charge in [0.1, 0.15) is 6.61 Å². The Hall–Kier alpha value is -4.28. The molecule has 0 fully saturated rings. The topological polar surface area (TPSA) is 170 Å². The zero-order chi connectivity index (χ0) is 25.6. The summed E-state index contributed by atoms with van der Waals surface area (Å²) >= 11 is 0. The predicted octanol–water partition coefficient (Wildman–Crippen LogP) is 3.86. The summed E-state index contributed by atoms with van der Waals surface area (Å²) in [6.45, 7) is 3.70. The lowest BCUT2D eigenvalue weighted by Gasteiger charge is -2.19. The molecular weight excluding hydrogens is 450 g/mol. The fourth-order valence-corrected chi connectivity index (χ4v) is 3.11. The molecular formula is C23H23NO10. The molecule has 0 atom stereocenters. The van der Waals surface area contributed by atoms with Crippen molar-refractivity contribution in [1.29, 1.82) is 0 Å². The van der Waals surface area contributed by atoms with E-state index < -0.39 is 69.0 Å². The van der Waals surface area contributed by atoms with Gasteiger partial charge in [-0.15, -0.1) is 0 Å². The molecule has 0 aromatic heterocycles. The first-order chi connectivity index (χ1) is 16.1. The summed E-state index contributed by atoms with van der Waals surface area (Å²) in [5.41, 5.74) is -2.28. The zero-order valence-corrected chi connectivity index (χ0v) is 18.7. The fourth-order valence-electron chi connectivity index (χ4n) is 3.11. The lowest BCUT2D eigenvalue weighted by molar-refractivity contribution is -0.385. The molecule has 34 heavy (non-hydrogen) atoms. The number of phenolic OH excluding ortho intramolecular Hbond substituents is 2. The standard InChI is InChI=1S/C23H23NO10/c1-4-14(25)17-19(23(30)33-11-12-9-7-8-10-13(12)24(31)32)18(15(26)5-2)22(21(29)20(17)28)34-16(27)6-3/h7-10,28-29H,4-6,11H2,1-3H3. The third-order valence-electron chi connectivity index (χ3n) is 4.86. The number of benzene rings is 2. The molecule has 2 aromatic rings. The van der Waals surface area contributed by atoms with Crippen LogP contribution in [0.2, 0.25) is 0 Å². The van der Waals surface area contributed by atoms with Crippen molar-refractivity contribution >= 4 is 29.2 Å². The number of carbonyl (C=O) groups is 4. The quantitative estimate of drug-likeness (QED) is 0.129. The van der Waals surface area contributed by atoms with E-state index in [4.69, 9.17) is 9.47 Å². The van der Waals surface area contributed by atoms with E-state index in [0.717, 1.165) is 0 Å². The lowest BCUT2D eigenvalue weighted by Crippen LogP contribution is -2.20. The van der Waals surface area contributed by atoms with E-state index in [-0.39, 0.29) is 30.5 Å². The number of nitrogens with zero attached hydrogens (tertiary/aromatic N) is 1. The van der Waals surface area contributed by atoms with Crippen molar-refractivity contribution in [2.75, 3.05) is 0 Å². The second-order valence-corrected chi connectivity index (χ2v) is 6.99. The van der Waals surface area contributed by atoms with Crippen LogP contribution in [0.15, 0.2) is 24.3 Å². The van der Waals surface area contributed by atoms with E-state index >= 15 is 0 Å². The van der Waals surface area contributed by atoms with Crippen molar-refractivity contribution in [1.82, 2.24) is 0 Å². The molecule has 2 rings (SSSR count). The highest BCUT2D eigenvalue weighted by Gasteiger charge is 2.35. The molecule has 0 radical (unpaired) electrons. The van der Waals surface area contributed by atoms with Gasteiger partial charge in [-0.3, -0.25) is 24.5 Å². The second kappa shape index (κ2) is 11.0. The Morgan fingerprint density at radius 3 is 2.03 bits per heavy atom. The molecule has 0 saturated carbocycles. The van der Waals surface area contributed by atoms with Crippen LogP contribution in [0.3, 0.4) is 0 Å². The first kappa shape index (κ1) is 26.0. The molecule has 0 heterocycles. The van der Waals surface area contributed by atoms with Gasteiger partial charge in [0.15, 0.2) is 23.1 Å². The van der Waals surface area contributed by atoms with Crippen LogP contribution in [-0.4, -0.2) is 38.6 Å². The largest absolute Gasteiger partial charge is 0.504 e. The number of carbonyl (C=O) groups excluding carboxylic acids is 4. The summed E-state index contributed by atoms with van der Waals surface area (Å²) in [6.07, 6.45) is -0.594. The van der Waals surface area contributed by atoms with Crippen LogP contribution >= 0.6 is 0 Å². The maximum absolute atomic E-state index is 13.1. The van der Waals surface area contributed by atoms with Crippen molar-refractivity contribution in [2.24, 2.45) is 0 Å². The molecule has 11 nitrogen and oxygen atoms in total. The number of hydrogen-bond donors (Lipinski definition) is 2. The van der Waals surface area contributed by atoms with E-state index in [9.17, 15) is 39.5 Å². The second-order valence-electron chi connectivity index (χ2n) is 6.99. The number of nitro groups is 1. The van der Waals surface area contributed by atoms with E-state index in [2.05, 4.69) is 0 Å². The number of hydrogen-bond acceptors (Lipinski definition) is 10. The van der Waals surface area contributed by atoms with Crippen LogP contribution in [-0.2, 0) is 16.1 Å². The molecule has 2 aromatic carbocycles. The number of ether oxygens (including phenoxy) is 2. The predicted molar refractivity (Wildman–Crippen MR) is 117 cm³/mol. The Balaban J connectivity index is 2.73. The minimum absolute atomic E-state index is 0.0354.